The number of nitrogens with zero attached hydrogens (tertiary/aromatic N) is 3. The van der Waals surface area contributed by atoms with E-state index in [9.17, 15) is 4.39 Å². The van der Waals surface area contributed by atoms with Crippen molar-refractivity contribution >= 4 is 21.9 Å². The fourth-order valence-corrected chi connectivity index (χ4v) is 2.68. The number of rotatable bonds is 2. The van der Waals surface area contributed by atoms with Gasteiger partial charge in [-0.3, -0.25) is 5.10 Å². The summed E-state index contributed by atoms with van der Waals surface area (Å²) in [7, 11) is 0. The third-order valence-corrected chi connectivity index (χ3v) is 3.94. The van der Waals surface area contributed by atoms with Crippen molar-refractivity contribution in [1.82, 2.24) is 20.5 Å². The lowest BCUT2D eigenvalue weighted by molar-refractivity contribution is 0.480. The molecule has 7 heteroatoms. The van der Waals surface area contributed by atoms with E-state index >= 15 is 0 Å². The summed E-state index contributed by atoms with van der Waals surface area (Å²) in [6.45, 7) is 4.71. The van der Waals surface area contributed by atoms with Gasteiger partial charge in [0.15, 0.2) is 5.82 Å². The van der Waals surface area contributed by atoms with Gasteiger partial charge in [-0.1, -0.05) is 6.07 Å². The highest BCUT2D eigenvalue weighted by molar-refractivity contribution is 9.10. The van der Waals surface area contributed by atoms with Crippen LogP contribution in [0.4, 0.5) is 10.3 Å². The Morgan fingerprint density at radius 3 is 3.10 bits per heavy atom. The van der Waals surface area contributed by atoms with E-state index in [1.54, 1.807) is 18.2 Å². The van der Waals surface area contributed by atoms with E-state index in [-0.39, 0.29) is 5.82 Å². The molecule has 0 saturated carbocycles. The van der Waals surface area contributed by atoms with Gasteiger partial charge >= 0.3 is 0 Å². The Kier molecular flexibility index (Phi) is 3.71. The topological polar surface area (TPSA) is 56.8 Å². The quantitative estimate of drug-likeness (QED) is 0.880. The molecule has 2 N–H and O–H groups in total. The van der Waals surface area contributed by atoms with E-state index in [2.05, 4.69) is 48.3 Å². The van der Waals surface area contributed by atoms with Crippen LogP contribution in [0.3, 0.4) is 0 Å². The lowest BCUT2D eigenvalue weighted by atomic mass is 10.2. The van der Waals surface area contributed by atoms with Crippen LogP contribution in [0.15, 0.2) is 22.7 Å². The molecular formula is C13H15BrFN5. The first-order valence-electron chi connectivity index (χ1n) is 6.50. The molecule has 2 heterocycles. The SMILES string of the molecule is CC1CN(c2n[nH]c(-c3cccc(Br)c3F)n2)CCN1. The first-order valence-corrected chi connectivity index (χ1v) is 7.29. The number of benzene rings is 1. The zero-order valence-corrected chi connectivity index (χ0v) is 12.6. The number of halogens is 2. The Hall–Kier alpha value is -1.47. The Morgan fingerprint density at radius 1 is 1.45 bits per heavy atom. The van der Waals surface area contributed by atoms with Gasteiger partial charge in [0, 0.05) is 25.7 Å². The maximum absolute atomic E-state index is 14.0. The minimum absolute atomic E-state index is 0.330. The van der Waals surface area contributed by atoms with E-state index in [0.29, 0.717) is 27.9 Å². The molecule has 0 bridgehead atoms. The summed E-state index contributed by atoms with van der Waals surface area (Å²) in [6.07, 6.45) is 0. The summed E-state index contributed by atoms with van der Waals surface area (Å²) in [5.74, 6) is 0.738. The van der Waals surface area contributed by atoms with E-state index in [4.69, 9.17) is 0 Å². The molecule has 1 fully saturated rings. The predicted octanol–water partition coefficient (Wildman–Crippen LogP) is 2.17. The highest BCUT2D eigenvalue weighted by atomic mass is 79.9. The van der Waals surface area contributed by atoms with Crippen LogP contribution >= 0.6 is 15.9 Å². The monoisotopic (exact) mass is 339 g/mol. The molecule has 1 aliphatic rings. The van der Waals surface area contributed by atoms with E-state index in [1.807, 2.05) is 0 Å². The van der Waals surface area contributed by atoms with Gasteiger partial charge in [-0.05, 0) is 35.0 Å². The first-order chi connectivity index (χ1) is 9.65. The second-order valence-electron chi connectivity index (χ2n) is 4.89. The minimum Gasteiger partial charge on any atom is -0.337 e. The number of piperazine rings is 1. The average molecular weight is 340 g/mol. The molecule has 0 aliphatic carbocycles. The lowest BCUT2D eigenvalue weighted by Gasteiger charge is -2.30. The van der Waals surface area contributed by atoms with Crippen molar-refractivity contribution in [3.05, 3.63) is 28.5 Å². The molecule has 0 radical (unpaired) electrons. The van der Waals surface area contributed by atoms with Crippen LogP contribution in [0.5, 0.6) is 0 Å². The third kappa shape index (κ3) is 2.55. The highest BCUT2D eigenvalue weighted by Crippen LogP contribution is 2.26. The van der Waals surface area contributed by atoms with Gasteiger partial charge in [0.2, 0.25) is 5.95 Å². The Morgan fingerprint density at radius 2 is 2.30 bits per heavy atom. The van der Waals surface area contributed by atoms with Crippen LogP contribution in [-0.2, 0) is 0 Å². The molecule has 2 aromatic rings. The number of hydrogen-bond donors (Lipinski definition) is 2. The summed E-state index contributed by atoms with van der Waals surface area (Å²) in [5.41, 5.74) is 0.418. The maximum atomic E-state index is 14.0. The summed E-state index contributed by atoms with van der Waals surface area (Å²) in [4.78, 5) is 6.51. The number of nitrogens with one attached hydrogen (secondary N) is 2. The number of aromatic nitrogens is 3. The second-order valence-corrected chi connectivity index (χ2v) is 5.74. The molecule has 1 aliphatic heterocycles. The fraction of sp³-hybridized carbons (Fsp3) is 0.385. The van der Waals surface area contributed by atoms with Crippen LogP contribution in [0, 0.1) is 5.82 Å². The van der Waals surface area contributed by atoms with Crippen molar-refractivity contribution in [3.8, 4) is 11.4 Å². The van der Waals surface area contributed by atoms with E-state index in [0.717, 1.165) is 19.6 Å². The lowest BCUT2D eigenvalue weighted by Crippen LogP contribution is -2.49. The molecule has 3 rings (SSSR count). The molecule has 20 heavy (non-hydrogen) atoms. The van der Waals surface area contributed by atoms with Crippen LogP contribution in [-0.4, -0.2) is 40.9 Å². The molecular weight excluding hydrogens is 325 g/mol. The molecule has 1 saturated heterocycles. The Balaban J connectivity index is 1.88. The van der Waals surface area contributed by atoms with Crippen molar-refractivity contribution in [3.63, 3.8) is 0 Å². The highest BCUT2D eigenvalue weighted by Gasteiger charge is 2.20. The molecule has 5 nitrogen and oxygen atoms in total. The summed E-state index contributed by atoms with van der Waals surface area (Å²) >= 11 is 3.18. The minimum atomic E-state index is -0.330. The zero-order valence-electron chi connectivity index (χ0n) is 11.0. The first kappa shape index (κ1) is 13.5. The smallest absolute Gasteiger partial charge is 0.245 e. The summed E-state index contributed by atoms with van der Waals surface area (Å²) in [6, 6.07) is 5.52. The van der Waals surface area contributed by atoms with Crippen LogP contribution in [0.25, 0.3) is 11.4 Å². The molecule has 1 aromatic carbocycles. The van der Waals surface area contributed by atoms with Crippen LogP contribution in [0.2, 0.25) is 0 Å². The average Bonchev–Trinajstić information content (AvgIpc) is 2.91. The van der Waals surface area contributed by atoms with Crippen molar-refractivity contribution in [2.24, 2.45) is 0 Å². The molecule has 1 aromatic heterocycles. The Bertz CT molecular complexity index is 615. The van der Waals surface area contributed by atoms with Gasteiger partial charge in [-0.15, -0.1) is 5.10 Å². The van der Waals surface area contributed by atoms with Crippen molar-refractivity contribution < 1.29 is 4.39 Å². The van der Waals surface area contributed by atoms with Crippen molar-refractivity contribution in [1.29, 1.82) is 0 Å². The molecule has 1 atom stereocenters. The summed E-state index contributed by atoms with van der Waals surface area (Å²) in [5, 5.41) is 10.4. The molecule has 0 spiro atoms. The van der Waals surface area contributed by atoms with Gasteiger partial charge in [0.05, 0.1) is 10.0 Å². The number of H-pyrrole nitrogens is 1. The van der Waals surface area contributed by atoms with Crippen molar-refractivity contribution in [2.45, 2.75) is 13.0 Å². The van der Waals surface area contributed by atoms with Crippen LogP contribution in [0.1, 0.15) is 6.92 Å². The van der Waals surface area contributed by atoms with Crippen LogP contribution < -0.4 is 10.2 Å². The second kappa shape index (κ2) is 5.49. The third-order valence-electron chi connectivity index (χ3n) is 3.33. The molecule has 1 unspecified atom stereocenters. The van der Waals surface area contributed by atoms with Crippen molar-refractivity contribution in [2.75, 3.05) is 24.5 Å². The van der Waals surface area contributed by atoms with Gasteiger partial charge < -0.3 is 10.2 Å². The van der Waals surface area contributed by atoms with Gasteiger partial charge in [0.25, 0.3) is 0 Å². The molecule has 106 valence electrons. The Labute approximate surface area is 124 Å². The number of anilines is 1. The standard InChI is InChI=1S/C13H15BrFN5/c1-8-7-20(6-5-16-8)13-17-12(18-19-13)9-3-2-4-10(14)11(9)15/h2-4,8,16H,5-7H2,1H3,(H,17,18,19). The van der Waals surface area contributed by atoms with E-state index in [1.165, 1.54) is 0 Å². The van der Waals surface area contributed by atoms with Gasteiger partial charge in [-0.2, -0.15) is 4.98 Å². The normalized spacial score (nSPS) is 19.4. The zero-order chi connectivity index (χ0) is 14.1. The number of hydrogen-bond acceptors (Lipinski definition) is 4. The molecule has 0 amide bonds. The summed E-state index contributed by atoms with van der Waals surface area (Å²) < 4.78 is 14.5. The number of aromatic amines is 1. The predicted molar refractivity (Wildman–Crippen MR) is 79.2 cm³/mol. The largest absolute Gasteiger partial charge is 0.337 e. The van der Waals surface area contributed by atoms with Gasteiger partial charge in [0.1, 0.15) is 5.82 Å². The maximum Gasteiger partial charge on any atom is 0.245 e. The van der Waals surface area contributed by atoms with Gasteiger partial charge in [-0.25, -0.2) is 4.39 Å². The fourth-order valence-electron chi connectivity index (χ4n) is 2.32. The van der Waals surface area contributed by atoms with E-state index < -0.39 is 0 Å².